The zero-order chi connectivity index (χ0) is 85.4. The highest BCUT2D eigenvalue weighted by atomic mass is 16.6. The van der Waals surface area contributed by atoms with Crippen LogP contribution in [0.4, 0.5) is 4.79 Å². The molecule has 0 spiro atoms. The molecule has 0 aromatic rings. The molecule has 0 bridgehead atoms. The maximum atomic E-state index is 13.1. The highest BCUT2D eigenvalue weighted by molar-refractivity contribution is 5.93. The number of ketones is 4. The third-order valence-corrected chi connectivity index (χ3v) is 16.4. The number of Topliss-reactive ketones (excluding diaryl/α,β-unsaturated/α-hetero) is 4. The van der Waals surface area contributed by atoms with Gasteiger partial charge in [-0.05, 0) is 91.6 Å². The average molecular weight is 1640 g/mol. The van der Waals surface area contributed by atoms with E-state index in [1.807, 2.05) is 20.8 Å². The average Bonchev–Trinajstić information content (AvgIpc) is 0.936. The van der Waals surface area contributed by atoms with E-state index in [0.29, 0.717) is 171 Å². The zero-order valence-electron chi connectivity index (χ0n) is 70.5. The van der Waals surface area contributed by atoms with E-state index >= 15 is 0 Å². The van der Waals surface area contributed by atoms with Crippen molar-refractivity contribution >= 4 is 58.8 Å². The number of unbranched alkanes of at least 4 members (excludes halogenated alkanes) is 15. The third kappa shape index (κ3) is 91.2. The lowest BCUT2D eigenvalue weighted by Crippen LogP contribution is -2.42. The predicted octanol–water partition coefficient (Wildman–Crippen LogP) is 7.57. The molecule has 31 nitrogen and oxygen atoms in total. The molecule has 0 aliphatic heterocycles. The van der Waals surface area contributed by atoms with E-state index in [-0.39, 0.29) is 150 Å². The van der Waals surface area contributed by atoms with Crippen LogP contribution in [0.15, 0.2) is 0 Å². The molecule has 2 atom stereocenters. The van der Waals surface area contributed by atoms with E-state index in [2.05, 4.69) is 51.3 Å². The van der Waals surface area contributed by atoms with Crippen LogP contribution in [-0.2, 0) is 105 Å². The molecule has 5 amide bonds. The Kier molecular flexibility index (Phi) is 86.4. The Balaban J connectivity index is -0.00000181. The molecule has 0 aliphatic rings. The molecular formula is C84H149N7O24. The van der Waals surface area contributed by atoms with Gasteiger partial charge in [0, 0.05) is 83.8 Å². The van der Waals surface area contributed by atoms with Crippen LogP contribution in [0.3, 0.4) is 0 Å². The normalized spacial score (nSPS) is 11.4. The van der Waals surface area contributed by atoms with Gasteiger partial charge in [0.2, 0.25) is 23.6 Å². The Bertz CT molecular complexity index is 2540. The first kappa shape index (κ1) is 113. The van der Waals surface area contributed by atoms with Gasteiger partial charge in [0.1, 0.15) is 37.0 Å². The molecular weight excluding hydrogens is 1490 g/mol. The van der Waals surface area contributed by atoms with Gasteiger partial charge in [-0.1, -0.05) is 102 Å². The molecule has 0 aliphatic carbocycles. The first-order valence-corrected chi connectivity index (χ1v) is 41.7. The lowest BCUT2D eigenvalue weighted by molar-refractivity contribution is -0.138. The van der Waals surface area contributed by atoms with Gasteiger partial charge in [-0.25, -0.2) is 4.79 Å². The van der Waals surface area contributed by atoms with E-state index in [4.69, 9.17) is 97.4 Å². The molecule has 0 aromatic carbocycles. The molecule has 0 aromatic heterocycles. The number of aliphatic carboxylic acids is 1. The van der Waals surface area contributed by atoms with E-state index in [1.54, 1.807) is 0 Å². The third-order valence-electron chi connectivity index (χ3n) is 16.4. The van der Waals surface area contributed by atoms with Gasteiger partial charge in [-0.3, -0.25) is 43.2 Å². The van der Waals surface area contributed by atoms with Crippen LogP contribution in [0.25, 0.3) is 0 Å². The summed E-state index contributed by atoms with van der Waals surface area (Å²) in [6.07, 6.45) is 35.0. The van der Waals surface area contributed by atoms with Crippen LogP contribution in [0.5, 0.6) is 0 Å². The Morgan fingerprint density at radius 3 is 0.930 bits per heavy atom. The number of hydrogen-bond acceptors (Lipinski definition) is 25. The summed E-state index contributed by atoms with van der Waals surface area (Å²) >= 11 is 0. The molecule has 0 saturated carbocycles. The molecule has 115 heavy (non-hydrogen) atoms. The maximum absolute atomic E-state index is 13.1. The molecule has 10 N–H and O–H groups in total. The number of alkyl carbamates (subject to hydrolysis) is 1. The number of terminal acetylenes is 3. The van der Waals surface area contributed by atoms with Crippen molar-refractivity contribution in [2.45, 2.75) is 251 Å². The van der Waals surface area contributed by atoms with Gasteiger partial charge in [-0.2, -0.15) is 0 Å². The number of amides is 5. The van der Waals surface area contributed by atoms with Crippen LogP contribution in [0, 0.1) is 37.0 Å². The van der Waals surface area contributed by atoms with Crippen molar-refractivity contribution in [3.8, 4) is 37.0 Å². The second-order valence-corrected chi connectivity index (χ2v) is 27.8. The fraction of sp³-hybridized carbons (Fsp3) is 0.810. The molecule has 0 saturated heterocycles. The van der Waals surface area contributed by atoms with E-state index in [0.717, 1.165) is 116 Å². The van der Waals surface area contributed by atoms with Gasteiger partial charge < -0.3 is 105 Å². The van der Waals surface area contributed by atoms with Crippen molar-refractivity contribution in [3.63, 3.8) is 0 Å². The lowest BCUT2D eigenvalue weighted by atomic mass is 9.99. The molecule has 0 radical (unpaired) electrons. The quantitative estimate of drug-likeness (QED) is 0.0215. The largest absolute Gasteiger partial charge is 0.481 e. The fourth-order valence-corrected chi connectivity index (χ4v) is 10.2. The number of nitrogens with one attached hydrogen (secondary N) is 5. The zero-order valence-corrected chi connectivity index (χ0v) is 70.5. The minimum atomic E-state index is -0.864. The molecule has 0 heterocycles. The Morgan fingerprint density at radius 1 is 0.330 bits per heavy atom. The highest BCUT2D eigenvalue weighted by Crippen LogP contribution is 2.14. The van der Waals surface area contributed by atoms with Gasteiger partial charge in [0.05, 0.1) is 157 Å². The summed E-state index contributed by atoms with van der Waals surface area (Å²) in [6.45, 7) is 19.4. The number of carbonyl (C=O) groups is 10. The molecule has 0 rings (SSSR count). The van der Waals surface area contributed by atoms with E-state index in [9.17, 15) is 47.9 Å². The number of hydrogen-bond donors (Lipinski definition) is 8. The number of rotatable bonds is 82. The number of carbonyl (C=O) groups excluding carboxylic acids is 9. The highest BCUT2D eigenvalue weighted by Gasteiger charge is 2.25. The fourth-order valence-electron chi connectivity index (χ4n) is 10.2. The Morgan fingerprint density at radius 2 is 0.617 bits per heavy atom. The number of carboxylic acids is 1. The molecule has 0 unspecified atom stereocenters. The number of nitrogens with two attached hydrogens (primary N) is 2. The van der Waals surface area contributed by atoms with Crippen molar-refractivity contribution in [1.82, 2.24) is 26.6 Å². The predicted molar refractivity (Wildman–Crippen MR) is 440 cm³/mol. The van der Waals surface area contributed by atoms with Crippen molar-refractivity contribution in [2.24, 2.45) is 11.5 Å². The van der Waals surface area contributed by atoms with Crippen LogP contribution in [-0.4, -0.2) is 273 Å². The summed E-state index contributed by atoms with van der Waals surface area (Å²) in [5, 5.41) is 22.3. The number of ether oxygens (including phenoxy) is 13. The Hall–Kier alpha value is -6.58. The van der Waals surface area contributed by atoms with Crippen LogP contribution in [0.1, 0.15) is 233 Å². The monoisotopic (exact) mass is 1640 g/mol. The van der Waals surface area contributed by atoms with Crippen LogP contribution in [0.2, 0.25) is 0 Å². The molecule has 664 valence electrons. The smallest absolute Gasteiger partial charge is 0.407 e. The summed E-state index contributed by atoms with van der Waals surface area (Å²) in [5.74, 6) is 4.74. The molecule has 0 fully saturated rings. The summed E-state index contributed by atoms with van der Waals surface area (Å²) in [6, 6.07) is -1.67. The van der Waals surface area contributed by atoms with Crippen molar-refractivity contribution in [3.05, 3.63) is 0 Å². The lowest BCUT2D eigenvalue weighted by Gasteiger charge is -2.19. The minimum Gasteiger partial charge on any atom is -0.481 e. The maximum Gasteiger partial charge on any atom is 0.407 e. The summed E-state index contributed by atoms with van der Waals surface area (Å²) in [4.78, 5) is 123. The SMILES string of the molecule is C#CCOCCOCCOCCOCCC(=O)N[C@H](CCC(=O)CCCCCCCN)C(=O)CCC(=O)NCCCCCCN.C#CCOCCOCCOCCOCCC(=O)N[C@H](CCC(=O)CCCCCCCNC(=O)OC(C)(C)C)C(=O)CCC(=O)NCCCCCCC.C#CCOCCOCCOCCOCCC(=O)O. The number of carboxylic acid groups (broad SMARTS) is 1. The Labute approximate surface area is 687 Å². The van der Waals surface area contributed by atoms with E-state index < -0.39 is 29.7 Å². The van der Waals surface area contributed by atoms with Crippen LogP contribution >= 0.6 is 0 Å². The van der Waals surface area contributed by atoms with Gasteiger partial charge in [0.15, 0.2) is 11.6 Å². The topological polar surface area (TPSA) is 423 Å². The minimum absolute atomic E-state index is 0.00519. The summed E-state index contributed by atoms with van der Waals surface area (Å²) in [5.41, 5.74) is 10.5. The molecule has 31 heteroatoms. The van der Waals surface area contributed by atoms with Gasteiger partial charge >= 0.3 is 12.1 Å². The van der Waals surface area contributed by atoms with E-state index in [1.165, 1.54) is 6.42 Å². The van der Waals surface area contributed by atoms with Crippen molar-refractivity contribution in [2.75, 3.05) is 191 Å². The summed E-state index contributed by atoms with van der Waals surface area (Å²) < 4.78 is 68.4. The first-order valence-electron chi connectivity index (χ1n) is 41.7. The van der Waals surface area contributed by atoms with Gasteiger partial charge in [-0.15, -0.1) is 19.3 Å². The standard InChI is InChI=1S/C39H69N3O10.C33H60N4O8.C12H20O6/c1-6-8-9-12-15-23-40-36(45)21-20-35(44)34(42-37(46)22-26-49-28-30-51-32-31-50-29-27-48-25-7-2)19-18-33(43)17-14-11-10-13-16-24-41-38(47)52-39(3,4)5;1-2-21-42-23-25-44-27-28-45-26-24-43-22-17-33(41)37-30(14-13-29(38)12-8-4-3-5-9-18-34)31(39)15-16-32(40)36-20-11-7-6-10-19-35;1-2-4-15-6-8-17-10-11-18-9-7-16-5-3-12(13)14/h2,34H,6,8-32H2,1,3-5H3,(H,40,45)(H,41,47)(H,42,46);1,30H,3-28,34-35H2,(H,36,40)(H,37,41);1H,3-11H2,(H,13,14)/t34-;30-;/m11./s1. The summed E-state index contributed by atoms with van der Waals surface area (Å²) in [7, 11) is 0. The van der Waals surface area contributed by atoms with Gasteiger partial charge in [0.25, 0.3) is 0 Å². The second-order valence-electron chi connectivity index (χ2n) is 27.8. The van der Waals surface area contributed by atoms with Crippen LogP contribution < -0.4 is 38.1 Å². The second kappa shape index (κ2) is 88.2. The van der Waals surface area contributed by atoms with Crippen molar-refractivity contribution in [1.29, 1.82) is 0 Å². The first-order chi connectivity index (χ1) is 55.7. The van der Waals surface area contributed by atoms with Crippen molar-refractivity contribution < 1.29 is 115 Å².